The SMILES string of the molecule is Cc1ccc(CC(=O)NCC2=CCNCC2)cn1. The molecular weight excluding hydrogens is 226 g/mol. The van der Waals surface area contributed by atoms with Gasteiger partial charge in [-0.25, -0.2) is 0 Å². The van der Waals surface area contributed by atoms with Crippen molar-refractivity contribution in [2.24, 2.45) is 0 Å². The fourth-order valence-electron chi connectivity index (χ4n) is 1.89. The van der Waals surface area contributed by atoms with Crippen LogP contribution in [0.3, 0.4) is 0 Å². The van der Waals surface area contributed by atoms with Crippen LogP contribution in [0, 0.1) is 6.92 Å². The Balaban J connectivity index is 1.78. The number of hydrogen-bond acceptors (Lipinski definition) is 3. The Morgan fingerprint density at radius 2 is 2.39 bits per heavy atom. The molecule has 1 amide bonds. The van der Waals surface area contributed by atoms with Crippen molar-refractivity contribution in [2.75, 3.05) is 19.6 Å². The highest BCUT2D eigenvalue weighted by molar-refractivity contribution is 5.78. The molecule has 0 aromatic carbocycles. The quantitative estimate of drug-likeness (QED) is 0.777. The number of aryl methyl sites for hydroxylation is 1. The van der Waals surface area contributed by atoms with Crippen LogP contribution in [0.15, 0.2) is 30.0 Å². The summed E-state index contributed by atoms with van der Waals surface area (Å²) < 4.78 is 0. The van der Waals surface area contributed by atoms with Crippen LogP contribution in [-0.2, 0) is 11.2 Å². The van der Waals surface area contributed by atoms with E-state index in [1.165, 1.54) is 5.57 Å². The summed E-state index contributed by atoms with van der Waals surface area (Å²) in [4.78, 5) is 15.9. The number of pyridine rings is 1. The number of hydrogen-bond donors (Lipinski definition) is 2. The third-order valence-electron chi connectivity index (χ3n) is 3.01. The zero-order valence-corrected chi connectivity index (χ0v) is 10.7. The average molecular weight is 245 g/mol. The van der Waals surface area contributed by atoms with Crippen LogP contribution in [0.25, 0.3) is 0 Å². The van der Waals surface area contributed by atoms with Gasteiger partial charge in [0.15, 0.2) is 0 Å². The summed E-state index contributed by atoms with van der Waals surface area (Å²) in [5.41, 5.74) is 3.24. The first kappa shape index (κ1) is 12.8. The van der Waals surface area contributed by atoms with Crippen LogP contribution in [0.4, 0.5) is 0 Å². The van der Waals surface area contributed by atoms with Crippen LogP contribution in [-0.4, -0.2) is 30.5 Å². The number of nitrogens with one attached hydrogen (secondary N) is 2. The van der Waals surface area contributed by atoms with Gasteiger partial charge in [0.05, 0.1) is 6.42 Å². The second kappa shape index (κ2) is 6.31. The highest BCUT2D eigenvalue weighted by Crippen LogP contribution is 2.03. The zero-order chi connectivity index (χ0) is 12.8. The van der Waals surface area contributed by atoms with Crippen molar-refractivity contribution >= 4 is 5.91 Å². The molecule has 18 heavy (non-hydrogen) atoms. The molecule has 0 atom stereocenters. The van der Waals surface area contributed by atoms with E-state index in [4.69, 9.17) is 0 Å². The maximum Gasteiger partial charge on any atom is 0.224 e. The van der Waals surface area contributed by atoms with Gasteiger partial charge in [-0.15, -0.1) is 0 Å². The Morgan fingerprint density at radius 3 is 3.06 bits per heavy atom. The smallest absolute Gasteiger partial charge is 0.224 e. The lowest BCUT2D eigenvalue weighted by atomic mass is 10.1. The van der Waals surface area contributed by atoms with Crippen molar-refractivity contribution in [3.05, 3.63) is 41.2 Å². The van der Waals surface area contributed by atoms with Gasteiger partial charge in [-0.1, -0.05) is 17.7 Å². The minimum atomic E-state index is 0.0556. The maximum absolute atomic E-state index is 11.8. The molecule has 2 N–H and O–H groups in total. The van der Waals surface area contributed by atoms with E-state index in [0.717, 1.165) is 30.8 Å². The van der Waals surface area contributed by atoms with Gasteiger partial charge >= 0.3 is 0 Å². The molecule has 4 heteroatoms. The first-order valence-corrected chi connectivity index (χ1v) is 6.31. The van der Waals surface area contributed by atoms with E-state index >= 15 is 0 Å². The predicted molar refractivity (Wildman–Crippen MR) is 71.3 cm³/mol. The topological polar surface area (TPSA) is 54.0 Å². The summed E-state index contributed by atoms with van der Waals surface area (Å²) in [5.74, 6) is 0.0556. The minimum Gasteiger partial charge on any atom is -0.352 e. The Hall–Kier alpha value is -1.68. The standard InChI is InChI=1S/C14H19N3O/c1-11-2-3-13(10-16-11)8-14(18)17-9-12-4-6-15-7-5-12/h2-4,10,15H,5-9H2,1H3,(H,17,18). The Labute approximate surface area is 108 Å². The number of aromatic nitrogens is 1. The van der Waals surface area contributed by atoms with Crippen LogP contribution in [0.1, 0.15) is 17.7 Å². The lowest BCUT2D eigenvalue weighted by Crippen LogP contribution is -2.30. The molecule has 0 spiro atoms. The molecule has 0 radical (unpaired) electrons. The Kier molecular flexibility index (Phi) is 4.47. The van der Waals surface area contributed by atoms with Crippen LogP contribution in [0.5, 0.6) is 0 Å². The fraction of sp³-hybridized carbons (Fsp3) is 0.429. The van der Waals surface area contributed by atoms with E-state index in [1.54, 1.807) is 6.20 Å². The first-order chi connectivity index (χ1) is 8.74. The van der Waals surface area contributed by atoms with Gasteiger partial charge in [0, 0.05) is 25.0 Å². The van der Waals surface area contributed by atoms with Gasteiger partial charge in [-0.2, -0.15) is 0 Å². The summed E-state index contributed by atoms with van der Waals surface area (Å²) in [5, 5.41) is 6.20. The second-order valence-corrected chi connectivity index (χ2v) is 4.58. The normalized spacial score (nSPS) is 15.1. The third-order valence-corrected chi connectivity index (χ3v) is 3.01. The lowest BCUT2D eigenvalue weighted by molar-refractivity contribution is -0.120. The number of nitrogens with zero attached hydrogens (tertiary/aromatic N) is 1. The molecule has 1 aromatic heterocycles. The molecule has 2 rings (SSSR count). The van der Waals surface area contributed by atoms with Gasteiger partial charge in [0.2, 0.25) is 5.91 Å². The van der Waals surface area contributed by atoms with Gasteiger partial charge < -0.3 is 10.6 Å². The van der Waals surface area contributed by atoms with E-state index in [-0.39, 0.29) is 5.91 Å². The van der Waals surface area contributed by atoms with Gasteiger partial charge in [0.1, 0.15) is 0 Å². The molecule has 0 saturated heterocycles. The first-order valence-electron chi connectivity index (χ1n) is 6.31. The van der Waals surface area contributed by atoms with Crippen molar-refractivity contribution < 1.29 is 4.79 Å². The molecule has 0 saturated carbocycles. The van der Waals surface area contributed by atoms with Crippen LogP contribution in [0.2, 0.25) is 0 Å². The van der Waals surface area contributed by atoms with Crippen molar-refractivity contribution in [2.45, 2.75) is 19.8 Å². The largest absolute Gasteiger partial charge is 0.352 e. The third kappa shape index (κ3) is 3.96. The lowest BCUT2D eigenvalue weighted by Gasteiger charge is -2.14. The zero-order valence-electron chi connectivity index (χ0n) is 10.7. The molecule has 2 heterocycles. The number of rotatable bonds is 4. The van der Waals surface area contributed by atoms with Gasteiger partial charge in [-0.05, 0) is 31.5 Å². The van der Waals surface area contributed by atoms with Crippen molar-refractivity contribution in [3.8, 4) is 0 Å². The molecule has 1 aliphatic rings. The molecule has 0 unspecified atom stereocenters. The summed E-state index contributed by atoms with van der Waals surface area (Å²) in [6.07, 6.45) is 5.33. The average Bonchev–Trinajstić information content (AvgIpc) is 2.40. The predicted octanol–water partition coefficient (Wildman–Crippen LogP) is 0.968. The van der Waals surface area contributed by atoms with Crippen molar-refractivity contribution in [1.29, 1.82) is 0 Å². The van der Waals surface area contributed by atoms with Crippen LogP contribution < -0.4 is 10.6 Å². The van der Waals surface area contributed by atoms with E-state index in [9.17, 15) is 4.79 Å². The summed E-state index contributed by atoms with van der Waals surface area (Å²) in [6, 6.07) is 3.88. The summed E-state index contributed by atoms with van der Waals surface area (Å²) >= 11 is 0. The number of carbonyl (C=O) groups excluding carboxylic acids is 1. The molecule has 1 aromatic rings. The van der Waals surface area contributed by atoms with Crippen LogP contribution >= 0.6 is 0 Å². The molecule has 1 aliphatic heterocycles. The van der Waals surface area contributed by atoms with E-state index < -0.39 is 0 Å². The Bertz CT molecular complexity index is 437. The van der Waals surface area contributed by atoms with E-state index in [1.807, 2.05) is 19.1 Å². The highest BCUT2D eigenvalue weighted by atomic mass is 16.1. The maximum atomic E-state index is 11.8. The van der Waals surface area contributed by atoms with Crippen molar-refractivity contribution in [3.63, 3.8) is 0 Å². The molecule has 4 nitrogen and oxygen atoms in total. The summed E-state index contributed by atoms with van der Waals surface area (Å²) in [6.45, 7) is 4.52. The second-order valence-electron chi connectivity index (χ2n) is 4.58. The summed E-state index contributed by atoms with van der Waals surface area (Å²) in [7, 11) is 0. The number of carbonyl (C=O) groups is 1. The monoisotopic (exact) mass is 245 g/mol. The van der Waals surface area contributed by atoms with E-state index in [0.29, 0.717) is 13.0 Å². The Morgan fingerprint density at radius 1 is 1.50 bits per heavy atom. The van der Waals surface area contributed by atoms with E-state index in [2.05, 4.69) is 21.7 Å². The molecule has 0 bridgehead atoms. The number of amides is 1. The molecule has 0 fully saturated rings. The fourth-order valence-corrected chi connectivity index (χ4v) is 1.89. The minimum absolute atomic E-state index is 0.0556. The highest BCUT2D eigenvalue weighted by Gasteiger charge is 2.06. The van der Waals surface area contributed by atoms with Gasteiger partial charge in [-0.3, -0.25) is 9.78 Å². The van der Waals surface area contributed by atoms with Gasteiger partial charge in [0.25, 0.3) is 0 Å². The molecular formula is C14H19N3O. The van der Waals surface area contributed by atoms with Crippen molar-refractivity contribution in [1.82, 2.24) is 15.6 Å². The molecule has 0 aliphatic carbocycles. The molecule has 96 valence electrons.